The Kier molecular flexibility index (Phi) is 8.02. The standard InChI is InChI=1S/C23H21Cl2F3N2O2S2/c1-4-14(6-8-16(5-2)34(3,31)32)20-10-11-21(33-20)19-13-22(23(26,27)28)29-30(19)18-12-15(24)7-9-17(18)25/h4,7-13H,5-6H2,1-3H3/b14-4+,16-8+. The number of hydrogen-bond acceptors (Lipinski definition) is 4. The van der Waals surface area contributed by atoms with Crippen molar-refractivity contribution in [2.45, 2.75) is 32.9 Å². The number of halogens is 5. The molecule has 0 atom stereocenters. The molecule has 4 nitrogen and oxygen atoms in total. The molecular formula is C23H21Cl2F3N2O2S2. The van der Waals surface area contributed by atoms with Gasteiger partial charge in [-0.25, -0.2) is 13.1 Å². The van der Waals surface area contributed by atoms with Crippen LogP contribution in [0, 0.1) is 0 Å². The largest absolute Gasteiger partial charge is 0.435 e. The highest BCUT2D eigenvalue weighted by Gasteiger charge is 2.35. The predicted molar refractivity (Wildman–Crippen MR) is 133 cm³/mol. The number of allylic oxidation sites excluding steroid dienone is 4. The van der Waals surface area contributed by atoms with Gasteiger partial charge in [0.2, 0.25) is 0 Å². The van der Waals surface area contributed by atoms with Crippen LogP contribution in [0.3, 0.4) is 0 Å². The van der Waals surface area contributed by atoms with Gasteiger partial charge in [0, 0.05) is 21.1 Å². The number of alkyl halides is 3. The van der Waals surface area contributed by atoms with Gasteiger partial charge >= 0.3 is 6.18 Å². The van der Waals surface area contributed by atoms with Gasteiger partial charge in [-0.2, -0.15) is 18.3 Å². The quantitative estimate of drug-likeness (QED) is 0.300. The minimum absolute atomic E-state index is 0.200. The maximum atomic E-state index is 13.5. The first-order chi connectivity index (χ1) is 15.8. The van der Waals surface area contributed by atoms with Gasteiger partial charge in [0.05, 0.1) is 21.3 Å². The van der Waals surface area contributed by atoms with Gasteiger partial charge < -0.3 is 0 Å². The molecule has 11 heteroatoms. The van der Waals surface area contributed by atoms with Gasteiger partial charge in [-0.3, -0.25) is 0 Å². The molecule has 0 N–H and O–H groups in total. The van der Waals surface area contributed by atoms with E-state index in [4.69, 9.17) is 23.2 Å². The van der Waals surface area contributed by atoms with Gasteiger partial charge in [0.25, 0.3) is 0 Å². The van der Waals surface area contributed by atoms with Crippen LogP contribution in [0.5, 0.6) is 0 Å². The number of nitrogens with zero attached hydrogens (tertiary/aromatic N) is 2. The second-order valence-electron chi connectivity index (χ2n) is 7.40. The topological polar surface area (TPSA) is 52.0 Å². The SMILES string of the molecule is C/C=C(\C/C=C(\CC)S(C)(=O)=O)c1ccc(-c2cc(C(F)(F)F)nn2-c2cc(Cl)ccc2Cl)s1. The van der Waals surface area contributed by atoms with Crippen LogP contribution >= 0.6 is 34.5 Å². The van der Waals surface area contributed by atoms with Gasteiger partial charge in [-0.15, -0.1) is 11.3 Å². The molecule has 1 aromatic carbocycles. The third-order valence-electron chi connectivity index (χ3n) is 5.03. The van der Waals surface area contributed by atoms with Crippen LogP contribution in [0.15, 0.2) is 53.5 Å². The normalized spacial score (nSPS) is 13.5. The van der Waals surface area contributed by atoms with Gasteiger partial charge in [-0.1, -0.05) is 42.3 Å². The molecule has 0 saturated heterocycles. The summed E-state index contributed by atoms with van der Waals surface area (Å²) in [6, 6.07) is 8.96. The number of hydrogen-bond donors (Lipinski definition) is 0. The summed E-state index contributed by atoms with van der Waals surface area (Å²) >= 11 is 13.6. The minimum atomic E-state index is -4.65. The summed E-state index contributed by atoms with van der Waals surface area (Å²) in [5.41, 5.74) is 0.242. The first-order valence-corrected chi connectivity index (χ1v) is 13.6. The molecular weight excluding hydrogens is 528 g/mol. The maximum Gasteiger partial charge on any atom is 0.435 e. The van der Waals surface area contributed by atoms with Crippen molar-refractivity contribution in [3.8, 4) is 16.3 Å². The zero-order valence-electron chi connectivity index (χ0n) is 18.5. The van der Waals surface area contributed by atoms with E-state index in [1.165, 1.54) is 35.8 Å². The van der Waals surface area contributed by atoms with Crippen molar-refractivity contribution in [3.63, 3.8) is 0 Å². The molecule has 34 heavy (non-hydrogen) atoms. The highest BCUT2D eigenvalue weighted by atomic mass is 35.5. The summed E-state index contributed by atoms with van der Waals surface area (Å²) in [6.45, 7) is 3.60. The lowest BCUT2D eigenvalue weighted by molar-refractivity contribution is -0.141. The van der Waals surface area contributed by atoms with Crippen molar-refractivity contribution in [1.29, 1.82) is 0 Å². The summed E-state index contributed by atoms with van der Waals surface area (Å²) in [5, 5.41) is 4.27. The van der Waals surface area contributed by atoms with E-state index in [1.807, 2.05) is 13.0 Å². The van der Waals surface area contributed by atoms with E-state index in [0.29, 0.717) is 27.6 Å². The van der Waals surface area contributed by atoms with Crippen LogP contribution in [0.25, 0.3) is 21.8 Å². The summed E-state index contributed by atoms with van der Waals surface area (Å²) in [7, 11) is -3.30. The van der Waals surface area contributed by atoms with Gasteiger partial charge in [0.1, 0.15) is 0 Å². The second-order valence-corrected chi connectivity index (χ2v) is 11.4. The molecule has 0 unspecified atom stereocenters. The fourth-order valence-corrected chi connectivity index (χ4v) is 5.68. The van der Waals surface area contributed by atoms with Gasteiger partial charge in [0.15, 0.2) is 15.5 Å². The van der Waals surface area contributed by atoms with Gasteiger partial charge in [-0.05, 0) is 61.7 Å². The number of sulfone groups is 1. The summed E-state index contributed by atoms with van der Waals surface area (Å²) in [4.78, 5) is 1.68. The van der Waals surface area contributed by atoms with Crippen molar-refractivity contribution >= 4 is 49.9 Å². The van der Waals surface area contributed by atoms with Crippen LogP contribution in [-0.4, -0.2) is 24.5 Å². The molecule has 3 rings (SSSR count). The highest BCUT2D eigenvalue weighted by Crippen LogP contribution is 2.39. The van der Waals surface area contributed by atoms with Crippen molar-refractivity contribution in [2.24, 2.45) is 0 Å². The Morgan fingerprint density at radius 1 is 1.18 bits per heavy atom. The fraction of sp³-hybridized carbons (Fsp3) is 0.261. The molecule has 0 saturated carbocycles. The Morgan fingerprint density at radius 3 is 2.47 bits per heavy atom. The monoisotopic (exact) mass is 548 g/mol. The lowest BCUT2D eigenvalue weighted by Gasteiger charge is -2.09. The first kappa shape index (κ1) is 26.5. The van der Waals surface area contributed by atoms with Crippen LogP contribution in [0.4, 0.5) is 13.2 Å². The Bertz CT molecular complexity index is 1370. The zero-order chi connectivity index (χ0) is 25.3. The van der Waals surface area contributed by atoms with E-state index in [-0.39, 0.29) is 16.4 Å². The first-order valence-electron chi connectivity index (χ1n) is 10.1. The van der Waals surface area contributed by atoms with Crippen LogP contribution in [0.2, 0.25) is 10.0 Å². The molecule has 0 radical (unpaired) electrons. The molecule has 0 aliphatic heterocycles. The van der Waals surface area contributed by atoms with E-state index < -0.39 is 21.7 Å². The van der Waals surface area contributed by atoms with Crippen molar-refractivity contribution < 1.29 is 21.6 Å². The molecule has 3 aromatic rings. The molecule has 0 aliphatic carbocycles. The van der Waals surface area contributed by atoms with Crippen LogP contribution in [0.1, 0.15) is 37.3 Å². The molecule has 2 aromatic heterocycles. The number of aromatic nitrogens is 2. The van der Waals surface area contributed by atoms with Crippen LogP contribution < -0.4 is 0 Å². The highest BCUT2D eigenvalue weighted by molar-refractivity contribution is 7.94. The molecule has 0 spiro atoms. The summed E-state index contributed by atoms with van der Waals surface area (Å²) in [6.07, 6.45) is 0.800. The average Bonchev–Trinajstić information content (AvgIpc) is 3.39. The van der Waals surface area contributed by atoms with E-state index in [2.05, 4.69) is 5.10 Å². The third kappa shape index (κ3) is 5.94. The van der Waals surface area contributed by atoms with Crippen LogP contribution in [-0.2, 0) is 16.0 Å². The minimum Gasteiger partial charge on any atom is -0.230 e. The smallest absolute Gasteiger partial charge is 0.230 e. The molecule has 0 fully saturated rings. The molecule has 0 bridgehead atoms. The number of rotatable bonds is 7. The third-order valence-corrected chi connectivity index (χ3v) is 8.18. The molecule has 0 aliphatic rings. The second kappa shape index (κ2) is 10.3. The molecule has 2 heterocycles. The Hall–Kier alpha value is -2.07. The Balaban J connectivity index is 2.07. The Labute approximate surface area is 210 Å². The van der Waals surface area contributed by atoms with E-state index in [1.54, 1.807) is 25.1 Å². The Morgan fingerprint density at radius 2 is 1.88 bits per heavy atom. The average molecular weight is 549 g/mol. The summed E-state index contributed by atoms with van der Waals surface area (Å²) in [5.74, 6) is 0. The van der Waals surface area contributed by atoms with Crippen molar-refractivity contribution in [3.05, 3.63) is 74.1 Å². The maximum absolute atomic E-state index is 13.5. The van der Waals surface area contributed by atoms with E-state index >= 15 is 0 Å². The van der Waals surface area contributed by atoms with E-state index in [9.17, 15) is 21.6 Å². The molecule has 0 amide bonds. The van der Waals surface area contributed by atoms with E-state index in [0.717, 1.165) is 21.2 Å². The zero-order valence-corrected chi connectivity index (χ0v) is 21.6. The lowest BCUT2D eigenvalue weighted by Crippen LogP contribution is -2.07. The lowest BCUT2D eigenvalue weighted by atomic mass is 10.1. The van der Waals surface area contributed by atoms with Crippen molar-refractivity contribution in [2.75, 3.05) is 6.26 Å². The summed E-state index contributed by atoms with van der Waals surface area (Å²) < 4.78 is 65.4. The number of benzene rings is 1. The fourth-order valence-electron chi connectivity index (χ4n) is 3.32. The number of thiophene rings is 1. The molecule has 182 valence electrons. The predicted octanol–water partition coefficient (Wildman–Crippen LogP) is 8.06. The van der Waals surface area contributed by atoms with Crippen molar-refractivity contribution in [1.82, 2.24) is 9.78 Å².